The molecule has 7 rings (SSSR count). The summed E-state index contributed by atoms with van der Waals surface area (Å²) in [5.41, 5.74) is 9.90. The van der Waals surface area contributed by atoms with Gasteiger partial charge in [0.2, 0.25) is 5.95 Å². The van der Waals surface area contributed by atoms with Crippen molar-refractivity contribution >= 4 is 60.7 Å². The van der Waals surface area contributed by atoms with Crippen LogP contribution in [0.25, 0.3) is 22.2 Å². The molecule has 10 atom stereocenters. The van der Waals surface area contributed by atoms with Crippen molar-refractivity contribution in [2.45, 2.75) is 49.2 Å². The standard InChI is InChI=1S/C21H21F2N9O10P2S/c22-10-14-8(40-19(10)31-4-26-12-6(31)1-9(24)28-17(12)33)3-38-44(36,45)42-15-7(2-37-43(35)41-14)39-20(11(15)23)32-5-27-13-16(32)29-21(25)30-18(13)34/h1,4-5,7-8,10-11,14-15,19-20H,2-3H2,(H6-,24,25,28,29,30,33,34,36,45)/p+1/t7-,8-,10-,11-,14-,15-,19-,20-,44?/m1/s1. The molecule has 0 aromatic carbocycles. The second-order valence-corrected chi connectivity index (χ2v) is 13.9. The second-order valence-electron chi connectivity index (χ2n) is 10.2. The lowest BCUT2D eigenvalue weighted by atomic mass is 10.1. The molecule has 45 heavy (non-hydrogen) atoms. The van der Waals surface area contributed by atoms with Gasteiger partial charge in [0.05, 0.1) is 24.8 Å². The van der Waals surface area contributed by atoms with Crippen LogP contribution in [-0.4, -0.2) is 88.9 Å². The summed E-state index contributed by atoms with van der Waals surface area (Å²) in [7, 11) is -3.08. The molecule has 4 aromatic heterocycles. The van der Waals surface area contributed by atoms with Crippen LogP contribution in [0.1, 0.15) is 12.5 Å². The van der Waals surface area contributed by atoms with Crippen LogP contribution in [0.15, 0.2) is 28.3 Å². The van der Waals surface area contributed by atoms with Crippen LogP contribution in [0.2, 0.25) is 0 Å². The van der Waals surface area contributed by atoms with Crippen LogP contribution < -0.4 is 22.6 Å². The third-order valence-corrected chi connectivity index (χ3v) is 9.67. The lowest BCUT2D eigenvalue weighted by Crippen LogP contribution is -2.36. The molecule has 240 valence electrons. The average Bonchev–Trinajstić information content (AvgIpc) is 3.72. The molecule has 4 aromatic rings. The summed E-state index contributed by atoms with van der Waals surface area (Å²) in [5.74, 6) is -0.276. The van der Waals surface area contributed by atoms with Crippen molar-refractivity contribution in [3.8, 4) is 0 Å². The van der Waals surface area contributed by atoms with Crippen molar-refractivity contribution < 1.29 is 45.8 Å². The third kappa shape index (κ3) is 5.35. The van der Waals surface area contributed by atoms with Crippen molar-refractivity contribution in [3.63, 3.8) is 0 Å². The number of nitrogens with two attached hydrogens (primary N) is 2. The highest BCUT2D eigenvalue weighted by Gasteiger charge is 2.55. The molecule has 0 bridgehead atoms. The first-order chi connectivity index (χ1) is 21.4. The van der Waals surface area contributed by atoms with Gasteiger partial charge in [0.1, 0.15) is 30.7 Å². The van der Waals surface area contributed by atoms with Crippen molar-refractivity contribution in [2.75, 3.05) is 24.7 Å². The van der Waals surface area contributed by atoms with Crippen LogP contribution in [-0.2, 0) is 43.9 Å². The maximum Gasteiger partial charge on any atom is 0.697 e. The fraction of sp³-hybridized carbons (Fsp3) is 0.476. The molecule has 3 aliphatic heterocycles. The summed E-state index contributed by atoms with van der Waals surface area (Å²) in [4.78, 5) is 51.8. The number of imidazole rings is 2. The van der Waals surface area contributed by atoms with E-state index < -0.39 is 88.5 Å². The Morgan fingerprint density at radius 3 is 2.42 bits per heavy atom. The Morgan fingerprint density at radius 1 is 1.00 bits per heavy atom. The predicted octanol–water partition coefficient (Wildman–Crippen LogP) is 0.185. The van der Waals surface area contributed by atoms with Gasteiger partial charge in [-0.1, -0.05) is 0 Å². The highest BCUT2D eigenvalue weighted by molar-refractivity contribution is 8.07. The number of H-pyrrole nitrogens is 2. The first kappa shape index (κ1) is 30.4. The number of fused-ring (bicyclic) bond motifs is 4. The Hall–Kier alpha value is -3.30. The van der Waals surface area contributed by atoms with Crippen LogP contribution in [0.4, 0.5) is 20.5 Å². The molecule has 24 heteroatoms. The van der Waals surface area contributed by atoms with Crippen molar-refractivity contribution in [1.82, 2.24) is 34.1 Å². The minimum absolute atomic E-state index is 0.0141. The summed E-state index contributed by atoms with van der Waals surface area (Å²) in [5, 5.41) is 0. The molecule has 0 spiro atoms. The van der Waals surface area contributed by atoms with Crippen molar-refractivity contribution in [1.29, 1.82) is 0 Å². The Morgan fingerprint density at radius 2 is 1.64 bits per heavy atom. The van der Waals surface area contributed by atoms with E-state index in [1.54, 1.807) is 0 Å². The summed E-state index contributed by atoms with van der Waals surface area (Å²) in [6.45, 7) is -5.58. The highest BCUT2D eigenvalue weighted by Crippen LogP contribution is 2.52. The number of nitrogens with one attached hydrogen (secondary N) is 2. The van der Waals surface area contributed by atoms with Crippen LogP contribution in [0.5, 0.6) is 0 Å². The molecule has 0 saturated carbocycles. The predicted molar refractivity (Wildman–Crippen MR) is 151 cm³/mol. The SMILES string of the molecule is Nc1cc2c(ncn2[C@@H]2O[C@@H]3COP(O)(=S)O[C@H]4[C@@H](F)[C@H](n5cnc6c(=O)[nH]c(N)nc65)O[C@@H]4CO[P+](=O)O[C@H]3[C@H]2F)c(=O)[nH]1. The Labute approximate surface area is 253 Å². The zero-order chi connectivity index (χ0) is 31.8. The lowest BCUT2D eigenvalue weighted by molar-refractivity contribution is -0.0558. The minimum atomic E-state index is -4.30. The van der Waals surface area contributed by atoms with Gasteiger partial charge in [-0.05, 0) is 11.8 Å². The fourth-order valence-corrected chi connectivity index (χ4v) is 7.58. The lowest BCUT2D eigenvalue weighted by Gasteiger charge is -2.25. The number of halogens is 2. The van der Waals surface area contributed by atoms with E-state index in [0.717, 1.165) is 17.2 Å². The molecule has 19 nitrogen and oxygen atoms in total. The largest absolute Gasteiger partial charge is 0.697 e. The Kier molecular flexibility index (Phi) is 7.55. The molecular weight excluding hydrogens is 670 g/mol. The second kappa shape index (κ2) is 11.2. The summed E-state index contributed by atoms with van der Waals surface area (Å²) in [6, 6.07) is 1.35. The normalized spacial score (nSPS) is 35.2. The van der Waals surface area contributed by atoms with E-state index in [-0.39, 0.29) is 34.0 Å². The molecule has 0 amide bonds. The monoisotopic (exact) mass is 692 g/mol. The number of ether oxygens (including phenoxy) is 2. The molecule has 0 radical (unpaired) electrons. The van der Waals surface area contributed by atoms with E-state index in [1.165, 1.54) is 10.6 Å². The molecular formula is C21H22F2N9O10P2S+. The van der Waals surface area contributed by atoms with Gasteiger partial charge in [0.15, 0.2) is 47.6 Å². The van der Waals surface area contributed by atoms with Gasteiger partial charge in [0.25, 0.3) is 11.1 Å². The summed E-state index contributed by atoms with van der Waals surface area (Å²) in [6.07, 6.45) is -10.8. The number of pyridine rings is 1. The van der Waals surface area contributed by atoms with Crippen molar-refractivity contribution in [2.24, 2.45) is 0 Å². The van der Waals surface area contributed by atoms with E-state index >= 15 is 8.78 Å². The Balaban J connectivity index is 1.15. The summed E-state index contributed by atoms with van der Waals surface area (Å²) >= 11 is 5.12. The van der Waals surface area contributed by atoms with E-state index in [9.17, 15) is 19.0 Å². The zero-order valence-electron chi connectivity index (χ0n) is 22.3. The van der Waals surface area contributed by atoms with Crippen molar-refractivity contribution in [3.05, 3.63) is 39.4 Å². The van der Waals surface area contributed by atoms with E-state index in [1.807, 2.05) is 0 Å². The summed E-state index contributed by atoms with van der Waals surface area (Å²) < 4.78 is 80.1. The topological polar surface area (TPSA) is 259 Å². The Bertz CT molecular complexity index is 1990. The van der Waals surface area contributed by atoms with Gasteiger partial charge in [-0.2, -0.15) is 4.98 Å². The number of nitrogen functional groups attached to an aromatic ring is 2. The molecule has 7 N–H and O–H groups in total. The maximum absolute atomic E-state index is 15.9. The van der Waals surface area contributed by atoms with Gasteiger partial charge in [-0.25, -0.2) is 18.7 Å². The van der Waals surface area contributed by atoms with E-state index in [4.69, 9.17) is 50.8 Å². The molecule has 7 heterocycles. The zero-order valence-corrected chi connectivity index (χ0v) is 24.9. The van der Waals surface area contributed by atoms with Crippen LogP contribution in [0.3, 0.4) is 0 Å². The van der Waals surface area contributed by atoms with E-state index in [0.29, 0.717) is 0 Å². The number of alkyl halides is 2. The minimum Gasteiger partial charge on any atom is -0.385 e. The molecule has 3 aliphatic rings. The van der Waals surface area contributed by atoms with Crippen LogP contribution >= 0.6 is 15.0 Å². The number of hydrogen-bond donors (Lipinski definition) is 5. The average molecular weight is 692 g/mol. The smallest absolute Gasteiger partial charge is 0.385 e. The van der Waals surface area contributed by atoms with Gasteiger partial charge in [-0.3, -0.25) is 23.7 Å². The first-order valence-corrected chi connectivity index (χ1v) is 16.7. The number of anilines is 2. The van der Waals surface area contributed by atoms with Gasteiger partial charge in [-0.15, -0.1) is 9.05 Å². The van der Waals surface area contributed by atoms with E-state index in [2.05, 4.69) is 24.9 Å². The van der Waals surface area contributed by atoms with Gasteiger partial charge in [0, 0.05) is 10.6 Å². The first-order valence-electron chi connectivity index (χ1n) is 13.0. The quantitative estimate of drug-likeness (QED) is 0.176. The number of aromatic amines is 2. The third-order valence-electron chi connectivity index (χ3n) is 7.34. The molecule has 2 unspecified atom stereocenters. The van der Waals surface area contributed by atoms with Crippen LogP contribution in [0, 0.1) is 0 Å². The maximum atomic E-state index is 15.9. The molecule has 3 fully saturated rings. The number of nitrogens with zero attached hydrogens (tertiary/aromatic N) is 5. The number of rotatable bonds is 2. The molecule has 0 aliphatic carbocycles. The number of aromatic nitrogens is 7. The molecule has 3 saturated heterocycles. The highest BCUT2D eigenvalue weighted by atomic mass is 32.5. The fourth-order valence-electron chi connectivity index (χ4n) is 5.37. The van der Waals surface area contributed by atoms with Gasteiger partial charge >= 0.3 is 15.0 Å². The number of hydrogen-bond acceptors (Lipinski definition) is 15. The van der Waals surface area contributed by atoms with Gasteiger partial charge < -0.3 is 39.9 Å².